The van der Waals surface area contributed by atoms with E-state index < -0.39 is 11.3 Å². The van der Waals surface area contributed by atoms with E-state index in [1.165, 1.54) is 0 Å². The van der Waals surface area contributed by atoms with Crippen LogP contribution in [0.3, 0.4) is 0 Å². The Labute approximate surface area is 162 Å². The van der Waals surface area contributed by atoms with Crippen LogP contribution in [0.4, 0.5) is 10.3 Å². The van der Waals surface area contributed by atoms with Crippen LogP contribution in [0.5, 0.6) is 0 Å². The minimum Gasteiger partial charge on any atom is -0.755 e. The smallest absolute Gasteiger partial charge is 0.226 e. The van der Waals surface area contributed by atoms with Crippen molar-refractivity contribution in [2.24, 2.45) is 0 Å². The van der Waals surface area contributed by atoms with E-state index >= 15 is 0 Å². The third kappa shape index (κ3) is 8.32. The molecule has 0 aromatic carbocycles. The number of unbranched alkanes of at least 4 members (excludes halogenated alkanes) is 1. The summed E-state index contributed by atoms with van der Waals surface area (Å²) in [5, 5.41) is 18.2. The molecule has 0 saturated carbocycles. The normalized spacial score (nSPS) is 11.9. The summed E-state index contributed by atoms with van der Waals surface area (Å²) in [5.74, 6) is -0.0495. The Balaban J connectivity index is 1.65. The molecule has 0 bridgehead atoms. The first kappa shape index (κ1) is 21.1. The van der Waals surface area contributed by atoms with Crippen LogP contribution in [0.1, 0.15) is 44.7 Å². The van der Waals surface area contributed by atoms with Gasteiger partial charge < -0.3 is 14.7 Å². The predicted octanol–water partition coefficient (Wildman–Crippen LogP) is 1.06. The van der Waals surface area contributed by atoms with Crippen molar-refractivity contribution < 1.29 is 18.4 Å². The van der Waals surface area contributed by atoms with Gasteiger partial charge >= 0.3 is 0 Å². The van der Waals surface area contributed by atoms with Gasteiger partial charge in [0.05, 0.1) is 5.69 Å². The summed E-state index contributed by atoms with van der Waals surface area (Å²) in [6.45, 7) is 2.29. The van der Waals surface area contributed by atoms with E-state index in [0.29, 0.717) is 25.8 Å². The van der Waals surface area contributed by atoms with Gasteiger partial charge in [-0.2, -0.15) is 0 Å². The monoisotopic (exact) mass is 414 g/mol. The number of carbonyl (C=O) groups excluding carboxylic acids is 2. The zero-order chi connectivity index (χ0) is 19.6. The minimum atomic E-state index is -2.48. The molecular weight excluding hydrogens is 394 g/mol. The Kier molecular flexibility index (Phi) is 8.42. The molecule has 2 aromatic rings. The maximum absolute atomic E-state index is 11.9. The van der Waals surface area contributed by atoms with E-state index in [1.807, 2.05) is 6.20 Å². The van der Waals surface area contributed by atoms with E-state index in [-0.39, 0.29) is 28.4 Å². The van der Waals surface area contributed by atoms with E-state index in [1.54, 1.807) is 11.6 Å². The molecule has 148 valence electrons. The third-order valence-electron chi connectivity index (χ3n) is 3.43. The fourth-order valence-electron chi connectivity index (χ4n) is 2.21. The molecule has 2 aromatic heterocycles. The van der Waals surface area contributed by atoms with Crippen molar-refractivity contribution in [1.82, 2.24) is 25.2 Å². The van der Waals surface area contributed by atoms with Crippen molar-refractivity contribution >= 4 is 44.6 Å². The fourth-order valence-corrected chi connectivity index (χ4v) is 3.27. The highest BCUT2D eigenvalue weighted by Crippen LogP contribution is 2.20. The molecule has 0 radical (unpaired) electrons. The Morgan fingerprint density at radius 1 is 1.19 bits per heavy atom. The zero-order valence-corrected chi connectivity index (χ0v) is 16.3. The second-order valence-corrected chi connectivity index (χ2v) is 7.43. The van der Waals surface area contributed by atoms with Crippen LogP contribution >= 0.6 is 11.3 Å². The van der Waals surface area contributed by atoms with Crippen molar-refractivity contribution in [3.05, 3.63) is 11.9 Å². The lowest BCUT2D eigenvalue weighted by atomic mass is 10.2. The number of nitrogens with zero attached hydrogens (tertiary/aromatic N) is 5. The van der Waals surface area contributed by atoms with Crippen molar-refractivity contribution in [1.29, 1.82) is 0 Å². The van der Waals surface area contributed by atoms with Crippen LogP contribution in [0.15, 0.2) is 6.20 Å². The standard InChI is InChI=1S/C14H21N7O4S2/c1-10(22)5-2-3-8-21-9-11(16-20-21)6-4-7-12(23)15-13-17-18-14(26-13)19-27(24)25/h9H,2-8H2,1H3,(H,18,19)(H,24,25)(H,15,17,23)/p-1. The molecule has 2 rings (SSSR count). The van der Waals surface area contributed by atoms with Crippen LogP contribution in [0.25, 0.3) is 0 Å². The van der Waals surface area contributed by atoms with E-state index in [9.17, 15) is 18.4 Å². The number of nitrogens with one attached hydrogen (secondary N) is 2. The van der Waals surface area contributed by atoms with Gasteiger partial charge in [0.25, 0.3) is 0 Å². The number of carbonyl (C=O) groups is 2. The zero-order valence-electron chi connectivity index (χ0n) is 14.7. The SMILES string of the molecule is CC(=O)CCCCn1cc(CCCC(=O)Nc2nnc(NS(=O)[O-])s2)nn1. The molecule has 2 N–H and O–H groups in total. The predicted molar refractivity (Wildman–Crippen MR) is 98.6 cm³/mol. The lowest BCUT2D eigenvalue weighted by Gasteiger charge is -2.02. The number of rotatable bonds is 12. The number of Topliss-reactive ketones (excluding diaryl/α,β-unsaturated/α-hetero) is 1. The summed E-state index contributed by atoms with van der Waals surface area (Å²) < 4.78 is 24.8. The average molecular weight is 414 g/mol. The van der Waals surface area contributed by atoms with Crippen molar-refractivity contribution in [2.75, 3.05) is 10.0 Å². The second kappa shape index (κ2) is 10.8. The molecule has 0 spiro atoms. The van der Waals surface area contributed by atoms with Crippen LogP contribution in [0.2, 0.25) is 0 Å². The Bertz CT molecular complexity index is 792. The Hall–Kier alpha value is -2.25. The molecule has 0 fully saturated rings. The molecule has 0 saturated heterocycles. The summed E-state index contributed by atoms with van der Waals surface area (Å²) in [5.41, 5.74) is 0.801. The highest BCUT2D eigenvalue weighted by Gasteiger charge is 2.09. The maximum atomic E-state index is 11.9. The highest BCUT2D eigenvalue weighted by molar-refractivity contribution is 7.80. The van der Waals surface area contributed by atoms with Crippen LogP contribution in [0, 0.1) is 0 Å². The lowest BCUT2D eigenvalue weighted by molar-refractivity contribution is -0.117. The van der Waals surface area contributed by atoms with Crippen LogP contribution in [-0.2, 0) is 33.8 Å². The molecule has 0 aliphatic rings. The molecule has 1 atom stereocenters. The largest absolute Gasteiger partial charge is 0.755 e. The van der Waals surface area contributed by atoms with Gasteiger partial charge in [-0.3, -0.25) is 18.4 Å². The maximum Gasteiger partial charge on any atom is 0.226 e. The number of hydrogen-bond donors (Lipinski definition) is 2. The lowest BCUT2D eigenvalue weighted by Crippen LogP contribution is -2.11. The summed E-state index contributed by atoms with van der Waals surface area (Å²) in [4.78, 5) is 22.8. The van der Waals surface area contributed by atoms with Gasteiger partial charge in [-0.15, -0.1) is 15.3 Å². The topological polar surface area (TPSA) is 155 Å². The number of aromatic nitrogens is 5. The number of hydrogen-bond acceptors (Lipinski definition) is 9. The van der Waals surface area contributed by atoms with Crippen molar-refractivity contribution in [3.63, 3.8) is 0 Å². The average Bonchev–Trinajstić information content (AvgIpc) is 3.20. The molecule has 11 nitrogen and oxygen atoms in total. The van der Waals surface area contributed by atoms with Gasteiger partial charge in [-0.05, 0) is 32.6 Å². The third-order valence-corrected chi connectivity index (χ3v) is 4.67. The quantitative estimate of drug-likeness (QED) is 0.386. The number of anilines is 2. The summed E-state index contributed by atoms with van der Waals surface area (Å²) in [7, 11) is 0. The molecule has 0 aliphatic heterocycles. The molecule has 0 aliphatic carbocycles. The van der Waals surface area contributed by atoms with Gasteiger partial charge in [0.1, 0.15) is 5.78 Å². The Morgan fingerprint density at radius 3 is 2.70 bits per heavy atom. The second-order valence-electron chi connectivity index (χ2n) is 5.78. The van der Waals surface area contributed by atoms with Crippen molar-refractivity contribution in [3.8, 4) is 0 Å². The van der Waals surface area contributed by atoms with E-state index in [2.05, 4.69) is 30.5 Å². The molecule has 1 amide bonds. The van der Waals surface area contributed by atoms with Crippen LogP contribution in [-0.4, -0.2) is 45.6 Å². The van der Waals surface area contributed by atoms with Gasteiger partial charge in [-0.1, -0.05) is 16.6 Å². The van der Waals surface area contributed by atoms with Gasteiger partial charge in [-0.25, -0.2) is 0 Å². The summed E-state index contributed by atoms with van der Waals surface area (Å²) in [6, 6.07) is 0. The first-order valence-corrected chi connectivity index (χ1v) is 10.2. The summed E-state index contributed by atoms with van der Waals surface area (Å²) in [6.07, 6.45) is 5.58. The van der Waals surface area contributed by atoms with Gasteiger partial charge in [0.2, 0.25) is 16.2 Å². The molecular formula is C14H20N7O4S2-. The first-order chi connectivity index (χ1) is 12.9. The molecule has 27 heavy (non-hydrogen) atoms. The number of ketones is 1. The van der Waals surface area contributed by atoms with Gasteiger partial charge in [0, 0.05) is 36.8 Å². The van der Waals surface area contributed by atoms with E-state index in [0.717, 1.165) is 29.9 Å². The first-order valence-electron chi connectivity index (χ1n) is 8.30. The Morgan fingerprint density at radius 2 is 1.96 bits per heavy atom. The number of aryl methyl sites for hydroxylation is 2. The van der Waals surface area contributed by atoms with Gasteiger partial charge in [0.15, 0.2) is 0 Å². The minimum absolute atomic E-state index is 0.0820. The molecule has 1 unspecified atom stereocenters. The fraction of sp³-hybridized carbons (Fsp3) is 0.571. The highest BCUT2D eigenvalue weighted by atomic mass is 32.2. The van der Waals surface area contributed by atoms with E-state index in [4.69, 9.17) is 0 Å². The molecule has 13 heteroatoms. The molecule has 2 heterocycles. The van der Waals surface area contributed by atoms with Crippen LogP contribution < -0.4 is 10.0 Å². The summed E-state index contributed by atoms with van der Waals surface area (Å²) >= 11 is -1.55. The van der Waals surface area contributed by atoms with Crippen molar-refractivity contribution in [2.45, 2.75) is 52.0 Å². The number of amides is 1.